The summed E-state index contributed by atoms with van der Waals surface area (Å²) < 4.78 is 27.1. The van der Waals surface area contributed by atoms with E-state index in [1.165, 1.54) is 0 Å². The molecule has 6 nitrogen and oxygen atoms in total. The van der Waals surface area contributed by atoms with Gasteiger partial charge in [0.15, 0.2) is 0 Å². The van der Waals surface area contributed by atoms with Crippen LogP contribution in [0.15, 0.2) is 24.5 Å². The zero-order valence-corrected chi connectivity index (χ0v) is 16.5. The summed E-state index contributed by atoms with van der Waals surface area (Å²) in [5.74, 6) is -2.53. The van der Waals surface area contributed by atoms with Crippen molar-refractivity contribution < 1.29 is 18.7 Å². The Hall–Kier alpha value is -1.64. The van der Waals surface area contributed by atoms with Gasteiger partial charge in [-0.1, -0.05) is 0 Å². The Labute approximate surface area is 169 Å². The Balaban J connectivity index is 1.31. The van der Waals surface area contributed by atoms with Crippen LogP contribution in [0.2, 0.25) is 0 Å². The molecule has 1 aromatic rings. The maximum Gasteiger partial charge on any atom is 0.255 e. The molecule has 0 radical (unpaired) electrons. The fraction of sp³-hybridized carbons (Fsp3) is 0.714. The summed E-state index contributed by atoms with van der Waals surface area (Å²) >= 11 is 0. The second-order valence-corrected chi connectivity index (χ2v) is 9.34. The summed E-state index contributed by atoms with van der Waals surface area (Å²) in [6, 6.07) is 3.91. The molecule has 1 spiro atoms. The number of carbonyl (C=O) groups excluding carboxylic acids is 1. The van der Waals surface area contributed by atoms with Gasteiger partial charge in [0.25, 0.3) is 5.91 Å². The summed E-state index contributed by atoms with van der Waals surface area (Å²) in [6.07, 6.45) is 4.57. The fourth-order valence-electron chi connectivity index (χ4n) is 5.88. The molecule has 4 aliphatic rings. The van der Waals surface area contributed by atoms with Crippen LogP contribution in [0.5, 0.6) is 0 Å². The molecule has 1 aliphatic carbocycles. The van der Waals surface area contributed by atoms with E-state index in [9.17, 15) is 18.7 Å². The molecule has 1 aromatic heterocycles. The van der Waals surface area contributed by atoms with Crippen molar-refractivity contribution in [2.45, 2.75) is 61.8 Å². The van der Waals surface area contributed by atoms with Gasteiger partial charge in [-0.25, -0.2) is 8.78 Å². The highest BCUT2D eigenvalue weighted by atomic mass is 19.3. The molecule has 1 amide bonds. The second kappa shape index (κ2) is 6.96. The number of hydrogen-bond donors (Lipinski definition) is 1. The van der Waals surface area contributed by atoms with Crippen LogP contribution < -0.4 is 0 Å². The molecule has 3 saturated heterocycles. The predicted molar refractivity (Wildman–Crippen MR) is 103 cm³/mol. The predicted octanol–water partition coefficient (Wildman–Crippen LogP) is 1.60. The summed E-state index contributed by atoms with van der Waals surface area (Å²) in [7, 11) is 0. The Morgan fingerprint density at radius 3 is 2.59 bits per heavy atom. The molecular weight excluding hydrogens is 378 g/mol. The van der Waals surface area contributed by atoms with Crippen molar-refractivity contribution in [2.75, 3.05) is 32.7 Å². The Morgan fingerprint density at radius 2 is 1.90 bits per heavy atom. The highest BCUT2D eigenvalue weighted by molar-refractivity contribution is 5.94. The van der Waals surface area contributed by atoms with Gasteiger partial charge in [0.05, 0.1) is 17.2 Å². The van der Waals surface area contributed by atoms with Crippen LogP contribution in [0.3, 0.4) is 0 Å². The number of aromatic nitrogens is 1. The van der Waals surface area contributed by atoms with Crippen LogP contribution in [-0.4, -0.2) is 93.1 Å². The van der Waals surface area contributed by atoms with E-state index in [0.29, 0.717) is 44.5 Å². The molecular formula is C21H28F2N4O2. The number of β-amino-alcohol motifs (C(OH)–C–C–N with tert-alkyl or cyclic N) is 1. The highest BCUT2D eigenvalue weighted by Crippen LogP contribution is 2.43. The fourth-order valence-corrected chi connectivity index (χ4v) is 5.88. The first-order valence-corrected chi connectivity index (χ1v) is 10.6. The molecule has 29 heavy (non-hydrogen) atoms. The van der Waals surface area contributed by atoms with Crippen LogP contribution in [0.4, 0.5) is 8.78 Å². The Kier molecular flexibility index (Phi) is 4.64. The quantitative estimate of drug-likeness (QED) is 0.809. The van der Waals surface area contributed by atoms with Gasteiger partial charge in [-0.2, -0.15) is 0 Å². The lowest BCUT2D eigenvalue weighted by Gasteiger charge is -2.63. The first-order chi connectivity index (χ1) is 13.9. The average Bonchev–Trinajstić information content (AvgIpc) is 3.06. The van der Waals surface area contributed by atoms with E-state index in [1.807, 2.05) is 4.90 Å². The SMILES string of the molecule is O=C(c1cccnc1)N1CC2CC(O)CN2C2(C1)CN(C1CCC(F)(F)CC1)C2. The molecule has 4 heterocycles. The number of halogens is 2. The van der Waals surface area contributed by atoms with Gasteiger partial charge >= 0.3 is 0 Å². The standard InChI is InChI=1S/C21H28F2N4O2/c22-21(23)5-3-16(4-6-21)26-13-20(14-26)12-25(10-17-8-18(28)11-27(17)20)19(29)15-2-1-7-24-9-15/h1-2,7,9,16-18,28H,3-6,8,10-14H2. The molecule has 4 fully saturated rings. The number of carbonyl (C=O) groups is 1. The average molecular weight is 406 g/mol. The monoisotopic (exact) mass is 406 g/mol. The van der Waals surface area contributed by atoms with E-state index in [1.54, 1.807) is 24.5 Å². The van der Waals surface area contributed by atoms with Crippen molar-refractivity contribution >= 4 is 5.91 Å². The minimum Gasteiger partial charge on any atom is -0.392 e. The number of pyridine rings is 1. The van der Waals surface area contributed by atoms with Crippen molar-refractivity contribution in [3.8, 4) is 0 Å². The third-order valence-electron chi connectivity index (χ3n) is 7.31. The van der Waals surface area contributed by atoms with Crippen molar-refractivity contribution in [2.24, 2.45) is 0 Å². The van der Waals surface area contributed by atoms with E-state index in [2.05, 4.69) is 14.8 Å². The van der Waals surface area contributed by atoms with Gasteiger partial charge in [-0.05, 0) is 31.4 Å². The Bertz CT molecular complexity index is 761. The number of aliphatic hydroxyl groups excluding tert-OH is 1. The summed E-state index contributed by atoms with van der Waals surface area (Å²) in [6.45, 7) is 3.42. The third kappa shape index (κ3) is 3.45. The Morgan fingerprint density at radius 1 is 1.14 bits per heavy atom. The van der Waals surface area contributed by atoms with E-state index in [4.69, 9.17) is 0 Å². The number of fused-ring (bicyclic) bond motifs is 2. The second-order valence-electron chi connectivity index (χ2n) is 9.34. The van der Waals surface area contributed by atoms with Gasteiger partial charge in [0.2, 0.25) is 5.92 Å². The lowest BCUT2D eigenvalue weighted by Crippen LogP contribution is -2.79. The van der Waals surface area contributed by atoms with E-state index >= 15 is 0 Å². The lowest BCUT2D eigenvalue weighted by atomic mass is 9.80. The minimum absolute atomic E-state index is 0.0192. The number of alkyl halides is 2. The molecule has 2 unspecified atom stereocenters. The number of nitrogens with zero attached hydrogens (tertiary/aromatic N) is 4. The van der Waals surface area contributed by atoms with Crippen molar-refractivity contribution in [3.05, 3.63) is 30.1 Å². The third-order valence-corrected chi connectivity index (χ3v) is 7.31. The van der Waals surface area contributed by atoms with E-state index < -0.39 is 5.92 Å². The van der Waals surface area contributed by atoms with Gasteiger partial charge < -0.3 is 10.0 Å². The van der Waals surface area contributed by atoms with Gasteiger partial charge in [-0.15, -0.1) is 0 Å². The summed E-state index contributed by atoms with van der Waals surface area (Å²) in [5, 5.41) is 10.3. The maximum atomic E-state index is 13.5. The first kappa shape index (κ1) is 19.3. The number of rotatable bonds is 2. The van der Waals surface area contributed by atoms with Crippen LogP contribution in [0, 0.1) is 0 Å². The summed E-state index contributed by atoms with van der Waals surface area (Å²) in [4.78, 5) is 23.7. The molecule has 0 bridgehead atoms. The zero-order valence-electron chi connectivity index (χ0n) is 16.5. The van der Waals surface area contributed by atoms with E-state index in [-0.39, 0.29) is 42.5 Å². The molecule has 1 saturated carbocycles. The van der Waals surface area contributed by atoms with Gasteiger partial charge in [-0.3, -0.25) is 19.6 Å². The lowest BCUT2D eigenvalue weighted by molar-refractivity contribution is -0.135. The number of amides is 1. The molecule has 8 heteroatoms. The molecule has 3 aliphatic heterocycles. The van der Waals surface area contributed by atoms with E-state index in [0.717, 1.165) is 13.1 Å². The molecule has 1 N–H and O–H groups in total. The first-order valence-electron chi connectivity index (χ1n) is 10.6. The largest absolute Gasteiger partial charge is 0.392 e. The molecule has 0 aromatic carbocycles. The summed E-state index contributed by atoms with van der Waals surface area (Å²) in [5.41, 5.74) is 0.401. The molecule has 5 rings (SSSR count). The highest BCUT2D eigenvalue weighted by Gasteiger charge is 2.58. The van der Waals surface area contributed by atoms with Crippen LogP contribution in [0.1, 0.15) is 42.5 Å². The van der Waals surface area contributed by atoms with Gasteiger partial charge in [0, 0.05) is 70.0 Å². The minimum atomic E-state index is -2.51. The van der Waals surface area contributed by atoms with Crippen molar-refractivity contribution in [1.82, 2.24) is 19.7 Å². The normalized spacial score (nSPS) is 32.2. The zero-order chi connectivity index (χ0) is 20.2. The number of piperazine rings is 1. The topological polar surface area (TPSA) is 59.9 Å². The van der Waals surface area contributed by atoms with Crippen molar-refractivity contribution in [1.29, 1.82) is 0 Å². The van der Waals surface area contributed by atoms with Crippen molar-refractivity contribution in [3.63, 3.8) is 0 Å². The van der Waals surface area contributed by atoms with Gasteiger partial charge in [0.1, 0.15) is 0 Å². The molecule has 158 valence electrons. The maximum absolute atomic E-state index is 13.5. The number of hydrogen-bond acceptors (Lipinski definition) is 5. The number of aliphatic hydroxyl groups is 1. The smallest absolute Gasteiger partial charge is 0.255 e. The van der Waals surface area contributed by atoms with Crippen LogP contribution in [-0.2, 0) is 0 Å². The molecule has 2 atom stereocenters. The van der Waals surface area contributed by atoms with Crippen LogP contribution in [0.25, 0.3) is 0 Å². The number of likely N-dealkylation sites (tertiary alicyclic amines) is 1. The van der Waals surface area contributed by atoms with Crippen LogP contribution >= 0.6 is 0 Å².